The molecule has 0 bridgehead atoms. The average molecular weight is 261 g/mol. The number of hydrazine groups is 1. The quantitative estimate of drug-likeness (QED) is 0.571. The molecule has 0 aliphatic rings. The predicted molar refractivity (Wildman–Crippen MR) is 70.7 cm³/mol. The Labute approximate surface area is 110 Å². The van der Waals surface area contributed by atoms with E-state index in [0.29, 0.717) is 17.1 Å². The first-order chi connectivity index (χ1) is 9.02. The first-order valence-electron chi connectivity index (χ1n) is 5.70. The van der Waals surface area contributed by atoms with Crippen molar-refractivity contribution in [2.45, 2.75) is 20.8 Å². The van der Waals surface area contributed by atoms with Crippen LogP contribution in [-0.4, -0.2) is 16.0 Å². The van der Waals surface area contributed by atoms with Gasteiger partial charge in [-0.2, -0.15) is 0 Å². The lowest BCUT2D eigenvalue weighted by Gasteiger charge is -2.08. The van der Waals surface area contributed by atoms with Crippen molar-refractivity contribution in [3.63, 3.8) is 0 Å². The highest BCUT2D eigenvalue weighted by atomic mass is 16.5. The molecule has 7 nitrogen and oxygen atoms in total. The fraction of sp³-hybridized carbons (Fsp3) is 0.250. The van der Waals surface area contributed by atoms with E-state index in [9.17, 15) is 4.79 Å². The molecule has 0 spiro atoms. The molecule has 100 valence electrons. The Bertz CT molecular complexity index is 621. The Kier molecular flexibility index (Phi) is 3.48. The number of aryl methyl sites for hydroxylation is 2. The van der Waals surface area contributed by atoms with Crippen LogP contribution in [0.4, 0.5) is 11.6 Å². The van der Waals surface area contributed by atoms with Gasteiger partial charge in [-0.1, -0.05) is 5.16 Å². The molecule has 1 amide bonds. The van der Waals surface area contributed by atoms with Crippen LogP contribution in [0.1, 0.15) is 27.3 Å². The third kappa shape index (κ3) is 2.55. The number of carbonyl (C=O) groups is 1. The summed E-state index contributed by atoms with van der Waals surface area (Å²) in [5, 5.41) is 6.41. The molecule has 0 aliphatic heterocycles. The van der Waals surface area contributed by atoms with Gasteiger partial charge in [-0.05, 0) is 26.8 Å². The van der Waals surface area contributed by atoms with E-state index in [-0.39, 0.29) is 5.91 Å². The fourth-order valence-corrected chi connectivity index (χ4v) is 1.56. The van der Waals surface area contributed by atoms with Gasteiger partial charge in [0.05, 0.1) is 16.9 Å². The van der Waals surface area contributed by atoms with Crippen LogP contribution in [0.15, 0.2) is 16.8 Å². The molecule has 0 unspecified atom stereocenters. The largest absolute Gasteiger partial charge is 0.338 e. The van der Waals surface area contributed by atoms with Crippen LogP contribution in [-0.2, 0) is 0 Å². The molecule has 2 aromatic rings. The molecule has 0 saturated heterocycles. The minimum atomic E-state index is -0.361. The first kappa shape index (κ1) is 13.0. The second-order valence-electron chi connectivity index (χ2n) is 4.19. The van der Waals surface area contributed by atoms with Crippen molar-refractivity contribution in [3.05, 3.63) is 34.8 Å². The molecule has 2 aromatic heterocycles. The van der Waals surface area contributed by atoms with E-state index in [4.69, 9.17) is 10.4 Å². The lowest BCUT2D eigenvalue weighted by molar-refractivity contribution is 0.102. The van der Waals surface area contributed by atoms with Gasteiger partial charge >= 0.3 is 0 Å². The van der Waals surface area contributed by atoms with Crippen LogP contribution in [0, 0.1) is 20.8 Å². The summed E-state index contributed by atoms with van der Waals surface area (Å²) in [4.78, 5) is 16.2. The number of nitrogens with zero attached hydrogens (tertiary/aromatic N) is 2. The Morgan fingerprint density at radius 3 is 2.68 bits per heavy atom. The maximum Gasteiger partial charge on any atom is 0.261 e. The van der Waals surface area contributed by atoms with Gasteiger partial charge in [0, 0.05) is 17.5 Å². The monoisotopic (exact) mass is 261 g/mol. The van der Waals surface area contributed by atoms with Gasteiger partial charge in [-0.25, -0.2) is 0 Å². The zero-order valence-corrected chi connectivity index (χ0v) is 10.9. The second-order valence-corrected chi connectivity index (χ2v) is 4.19. The van der Waals surface area contributed by atoms with Crippen LogP contribution >= 0.6 is 0 Å². The third-order valence-corrected chi connectivity index (χ3v) is 2.83. The SMILES string of the molecule is Cc1cc(NN)c(C(=O)Nc2onc(C)c2C)cn1. The highest BCUT2D eigenvalue weighted by molar-refractivity contribution is 6.07. The molecule has 19 heavy (non-hydrogen) atoms. The van der Waals surface area contributed by atoms with Gasteiger partial charge < -0.3 is 9.95 Å². The molecular weight excluding hydrogens is 246 g/mol. The summed E-state index contributed by atoms with van der Waals surface area (Å²) in [5.74, 6) is 5.35. The number of nitrogens with two attached hydrogens (primary N) is 1. The number of rotatable bonds is 3. The molecule has 7 heteroatoms. The Morgan fingerprint density at radius 2 is 2.11 bits per heavy atom. The summed E-state index contributed by atoms with van der Waals surface area (Å²) in [7, 11) is 0. The van der Waals surface area contributed by atoms with E-state index in [1.54, 1.807) is 13.0 Å². The van der Waals surface area contributed by atoms with Crippen molar-refractivity contribution in [2.75, 3.05) is 10.7 Å². The number of nitrogens with one attached hydrogen (secondary N) is 2. The van der Waals surface area contributed by atoms with E-state index < -0.39 is 0 Å². The Hall–Kier alpha value is -2.41. The maximum atomic E-state index is 12.1. The minimum absolute atomic E-state index is 0.325. The number of amides is 1. The van der Waals surface area contributed by atoms with Gasteiger partial charge in [0.1, 0.15) is 0 Å². The number of anilines is 2. The highest BCUT2D eigenvalue weighted by Crippen LogP contribution is 2.20. The van der Waals surface area contributed by atoms with E-state index in [0.717, 1.165) is 17.0 Å². The molecule has 0 atom stereocenters. The lowest BCUT2D eigenvalue weighted by Crippen LogP contribution is -2.18. The standard InChI is InChI=1S/C12H15N5O2/c1-6-4-10(16-13)9(5-14-6)11(18)15-12-7(2)8(3)17-19-12/h4-5H,13H2,1-3H3,(H,14,16)(H,15,18). The average Bonchev–Trinajstić information content (AvgIpc) is 2.70. The number of pyridine rings is 1. The van der Waals surface area contributed by atoms with Crippen LogP contribution in [0.3, 0.4) is 0 Å². The summed E-state index contributed by atoms with van der Waals surface area (Å²) in [6.45, 7) is 5.43. The molecule has 0 aliphatic carbocycles. The summed E-state index contributed by atoms with van der Waals surface area (Å²) in [6, 6.07) is 1.69. The summed E-state index contributed by atoms with van der Waals surface area (Å²) in [5.41, 5.74) is 5.59. The molecule has 2 heterocycles. The molecular formula is C12H15N5O2. The van der Waals surface area contributed by atoms with Gasteiger partial charge in [0.2, 0.25) is 5.88 Å². The number of carbonyl (C=O) groups excluding carboxylic acids is 1. The van der Waals surface area contributed by atoms with Gasteiger partial charge in [0.25, 0.3) is 5.91 Å². The third-order valence-electron chi connectivity index (χ3n) is 2.83. The summed E-state index contributed by atoms with van der Waals surface area (Å²) in [6.07, 6.45) is 1.46. The number of hydrogen-bond acceptors (Lipinski definition) is 6. The van der Waals surface area contributed by atoms with Crippen molar-refractivity contribution in [1.29, 1.82) is 0 Å². The minimum Gasteiger partial charge on any atom is -0.338 e. The van der Waals surface area contributed by atoms with E-state index in [1.807, 2.05) is 13.8 Å². The van der Waals surface area contributed by atoms with Crippen LogP contribution in [0.2, 0.25) is 0 Å². The Morgan fingerprint density at radius 1 is 1.37 bits per heavy atom. The molecule has 0 fully saturated rings. The normalized spacial score (nSPS) is 10.3. The predicted octanol–water partition coefficient (Wildman–Crippen LogP) is 1.53. The summed E-state index contributed by atoms with van der Waals surface area (Å²) >= 11 is 0. The Balaban J connectivity index is 2.27. The van der Waals surface area contributed by atoms with E-state index in [2.05, 4.69) is 20.9 Å². The van der Waals surface area contributed by atoms with Crippen molar-refractivity contribution >= 4 is 17.5 Å². The topological polar surface area (TPSA) is 106 Å². The zero-order valence-electron chi connectivity index (χ0n) is 10.9. The first-order valence-corrected chi connectivity index (χ1v) is 5.70. The van der Waals surface area contributed by atoms with Crippen molar-refractivity contribution in [2.24, 2.45) is 5.84 Å². The fourth-order valence-electron chi connectivity index (χ4n) is 1.56. The molecule has 0 radical (unpaired) electrons. The number of hydrogen-bond donors (Lipinski definition) is 3. The van der Waals surface area contributed by atoms with Gasteiger partial charge in [0.15, 0.2) is 0 Å². The summed E-state index contributed by atoms with van der Waals surface area (Å²) < 4.78 is 5.03. The molecule has 0 saturated carbocycles. The number of aromatic nitrogens is 2. The van der Waals surface area contributed by atoms with E-state index in [1.165, 1.54) is 6.20 Å². The maximum absolute atomic E-state index is 12.1. The molecule has 0 aromatic carbocycles. The van der Waals surface area contributed by atoms with Gasteiger partial charge in [-0.3, -0.25) is 20.9 Å². The second kappa shape index (κ2) is 5.07. The van der Waals surface area contributed by atoms with E-state index >= 15 is 0 Å². The highest BCUT2D eigenvalue weighted by Gasteiger charge is 2.16. The van der Waals surface area contributed by atoms with Crippen LogP contribution in [0.25, 0.3) is 0 Å². The smallest absolute Gasteiger partial charge is 0.261 e. The molecule has 4 N–H and O–H groups in total. The van der Waals surface area contributed by atoms with Gasteiger partial charge in [-0.15, -0.1) is 0 Å². The zero-order chi connectivity index (χ0) is 14.0. The molecule has 2 rings (SSSR count). The van der Waals surface area contributed by atoms with Crippen LogP contribution in [0.5, 0.6) is 0 Å². The van der Waals surface area contributed by atoms with Crippen molar-refractivity contribution in [3.8, 4) is 0 Å². The van der Waals surface area contributed by atoms with Crippen molar-refractivity contribution < 1.29 is 9.32 Å². The number of nitrogen functional groups attached to an aromatic ring is 1. The lowest BCUT2D eigenvalue weighted by atomic mass is 10.2. The van der Waals surface area contributed by atoms with Crippen molar-refractivity contribution in [1.82, 2.24) is 10.1 Å². The van der Waals surface area contributed by atoms with Crippen LogP contribution < -0.4 is 16.6 Å².